The average molecular weight is 384 g/mol. The van der Waals surface area contributed by atoms with Crippen LogP contribution in [0.15, 0.2) is 36.4 Å². The lowest BCUT2D eigenvalue weighted by Gasteiger charge is -2.11. The fourth-order valence-corrected chi connectivity index (χ4v) is 3.51. The van der Waals surface area contributed by atoms with Crippen molar-refractivity contribution in [3.05, 3.63) is 69.3 Å². The molecule has 1 N–H and O–H groups in total. The predicted octanol–water partition coefficient (Wildman–Crippen LogP) is 4.78. The largest absolute Gasteiger partial charge is 0.370 e. The third-order valence-corrected chi connectivity index (χ3v) is 4.95. The maximum Gasteiger partial charge on any atom is 0.271 e. The first kappa shape index (κ1) is 18.1. The number of anilines is 1. The molecule has 28 heavy (non-hydrogen) atoms. The number of nitrogens with one attached hydrogen (secondary N) is 1. The first-order valence-corrected chi connectivity index (χ1v) is 9.02. The summed E-state index contributed by atoms with van der Waals surface area (Å²) in [6.45, 7) is 2.56. The second-order valence-electron chi connectivity index (χ2n) is 6.82. The van der Waals surface area contributed by atoms with Crippen LogP contribution in [-0.2, 0) is 6.42 Å². The zero-order chi connectivity index (χ0) is 19.8. The lowest BCUT2D eigenvalue weighted by Crippen LogP contribution is -2.08. The number of hydrogen-bond acceptors (Lipinski definition) is 4. The number of benzene rings is 2. The summed E-state index contributed by atoms with van der Waals surface area (Å²) >= 11 is 0. The predicted molar refractivity (Wildman–Crippen MR) is 102 cm³/mol. The van der Waals surface area contributed by atoms with Crippen LogP contribution in [0.4, 0.5) is 20.3 Å². The van der Waals surface area contributed by atoms with Crippen molar-refractivity contribution in [2.75, 3.05) is 11.9 Å². The minimum atomic E-state index is -0.688. The minimum Gasteiger partial charge on any atom is -0.370 e. The average Bonchev–Trinajstić information content (AvgIpc) is 2.84. The summed E-state index contributed by atoms with van der Waals surface area (Å²) in [5, 5.41) is 19.1. The molecule has 0 amide bonds. The van der Waals surface area contributed by atoms with Gasteiger partial charge in [0.15, 0.2) is 0 Å². The van der Waals surface area contributed by atoms with Crippen molar-refractivity contribution in [1.82, 2.24) is 9.78 Å². The molecule has 144 valence electrons. The van der Waals surface area contributed by atoms with Gasteiger partial charge in [-0.2, -0.15) is 5.10 Å². The number of halogens is 2. The highest BCUT2D eigenvalue weighted by atomic mass is 19.1. The van der Waals surface area contributed by atoms with Gasteiger partial charge in [0.05, 0.1) is 10.6 Å². The topological polar surface area (TPSA) is 73.0 Å². The fraction of sp³-hybridized carbons (Fsp3) is 0.250. The summed E-state index contributed by atoms with van der Waals surface area (Å²) in [6, 6.07) is 7.98. The Morgan fingerprint density at radius 1 is 1.18 bits per heavy atom. The Morgan fingerprint density at radius 3 is 2.75 bits per heavy atom. The smallest absolute Gasteiger partial charge is 0.271 e. The van der Waals surface area contributed by atoms with E-state index in [2.05, 4.69) is 10.4 Å². The molecule has 0 radical (unpaired) electrons. The van der Waals surface area contributed by atoms with Crippen LogP contribution < -0.4 is 5.32 Å². The van der Waals surface area contributed by atoms with Gasteiger partial charge in [-0.25, -0.2) is 13.5 Å². The van der Waals surface area contributed by atoms with Crippen molar-refractivity contribution in [3.8, 4) is 16.9 Å². The van der Waals surface area contributed by atoms with Gasteiger partial charge >= 0.3 is 0 Å². The summed E-state index contributed by atoms with van der Waals surface area (Å²) in [7, 11) is 0. The SMILES string of the molecule is Cc1ccc([N+](=O)[O-])cc1-n1nc(-c2ccc(F)cc2F)c2c1NCCCC2. The Kier molecular flexibility index (Phi) is 4.54. The van der Waals surface area contributed by atoms with Crippen molar-refractivity contribution >= 4 is 11.5 Å². The van der Waals surface area contributed by atoms with Gasteiger partial charge in [-0.3, -0.25) is 10.1 Å². The summed E-state index contributed by atoms with van der Waals surface area (Å²) in [5.74, 6) is -0.647. The molecule has 1 aromatic heterocycles. The molecule has 0 saturated heterocycles. The minimum absolute atomic E-state index is 0.0482. The van der Waals surface area contributed by atoms with E-state index in [4.69, 9.17) is 0 Å². The molecule has 4 rings (SSSR count). The third-order valence-electron chi connectivity index (χ3n) is 4.95. The van der Waals surface area contributed by atoms with E-state index in [0.29, 0.717) is 23.6 Å². The zero-order valence-electron chi connectivity index (χ0n) is 15.2. The quantitative estimate of drug-likeness (QED) is 0.521. The lowest BCUT2D eigenvalue weighted by atomic mass is 10.0. The Balaban J connectivity index is 1.96. The van der Waals surface area contributed by atoms with Gasteiger partial charge < -0.3 is 5.32 Å². The molecular weight excluding hydrogens is 366 g/mol. The molecule has 0 fully saturated rings. The van der Waals surface area contributed by atoms with Crippen LogP contribution >= 0.6 is 0 Å². The Hall–Kier alpha value is -3.29. The van der Waals surface area contributed by atoms with E-state index >= 15 is 0 Å². The van der Waals surface area contributed by atoms with Gasteiger partial charge in [-0.1, -0.05) is 6.07 Å². The molecule has 2 aromatic carbocycles. The molecule has 0 aliphatic carbocycles. The first-order valence-electron chi connectivity index (χ1n) is 9.02. The Morgan fingerprint density at radius 2 is 2.00 bits per heavy atom. The molecule has 0 spiro atoms. The molecule has 0 unspecified atom stereocenters. The van der Waals surface area contributed by atoms with Crippen molar-refractivity contribution in [1.29, 1.82) is 0 Å². The number of nitro benzene ring substituents is 1. The van der Waals surface area contributed by atoms with E-state index in [1.165, 1.54) is 24.3 Å². The van der Waals surface area contributed by atoms with Gasteiger partial charge in [-0.15, -0.1) is 0 Å². The Labute approximate surface area is 160 Å². The van der Waals surface area contributed by atoms with Crippen LogP contribution in [0.2, 0.25) is 0 Å². The number of fused-ring (bicyclic) bond motifs is 1. The van der Waals surface area contributed by atoms with Crippen LogP contribution in [0.25, 0.3) is 16.9 Å². The van der Waals surface area contributed by atoms with Crippen molar-refractivity contribution in [2.45, 2.75) is 26.2 Å². The highest BCUT2D eigenvalue weighted by molar-refractivity contribution is 5.72. The maximum absolute atomic E-state index is 14.5. The normalized spacial score (nSPS) is 13.5. The highest BCUT2D eigenvalue weighted by Crippen LogP contribution is 2.36. The van der Waals surface area contributed by atoms with Crippen LogP contribution in [0.5, 0.6) is 0 Å². The molecule has 8 heteroatoms. The molecule has 3 aromatic rings. The third kappa shape index (κ3) is 3.11. The molecular formula is C20H18F2N4O2. The summed E-state index contributed by atoms with van der Waals surface area (Å²) < 4.78 is 29.4. The van der Waals surface area contributed by atoms with E-state index in [0.717, 1.165) is 36.6 Å². The molecule has 0 atom stereocenters. The van der Waals surface area contributed by atoms with Gasteiger partial charge in [-0.05, 0) is 43.9 Å². The molecule has 0 bridgehead atoms. The van der Waals surface area contributed by atoms with Crippen LogP contribution in [-0.4, -0.2) is 21.2 Å². The van der Waals surface area contributed by atoms with Gasteiger partial charge in [0.2, 0.25) is 0 Å². The van der Waals surface area contributed by atoms with Gasteiger partial charge in [0.1, 0.15) is 23.1 Å². The lowest BCUT2D eigenvalue weighted by molar-refractivity contribution is -0.384. The van der Waals surface area contributed by atoms with Gasteiger partial charge in [0.25, 0.3) is 5.69 Å². The molecule has 2 heterocycles. The van der Waals surface area contributed by atoms with E-state index in [-0.39, 0.29) is 11.3 Å². The molecule has 0 saturated carbocycles. The second-order valence-corrected chi connectivity index (χ2v) is 6.82. The molecule has 1 aliphatic heterocycles. The van der Waals surface area contributed by atoms with Gasteiger partial charge in [0, 0.05) is 35.9 Å². The monoisotopic (exact) mass is 384 g/mol. The number of non-ortho nitro benzene ring substituents is 1. The first-order chi connectivity index (χ1) is 13.5. The van der Waals surface area contributed by atoms with E-state index in [1.807, 2.05) is 6.92 Å². The van der Waals surface area contributed by atoms with E-state index in [1.54, 1.807) is 10.7 Å². The van der Waals surface area contributed by atoms with Crippen LogP contribution in [0.1, 0.15) is 24.0 Å². The number of nitrogens with zero attached hydrogens (tertiary/aromatic N) is 3. The summed E-state index contributed by atoms with van der Waals surface area (Å²) in [6.07, 6.45) is 2.52. The van der Waals surface area contributed by atoms with Crippen LogP contribution in [0.3, 0.4) is 0 Å². The van der Waals surface area contributed by atoms with Crippen molar-refractivity contribution < 1.29 is 13.7 Å². The number of hydrogen-bond donors (Lipinski definition) is 1. The summed E-state index contributed by atoms with van der Waals surface area (Å²) in [4.78, 5) is 10.8. The Bertz CT molecular complexity index is 1080. The number of nitro groups is 1. The van der Waals surface area contributed by atoms with Crippen LogP contribution in [0, 0.1) is 28.7 Å². The highest BCUT2D eigenvalue weighted by Gasteiger charge is 2.25. The summed E-state index contributed by atoms with van der Waals surface area (Å²) in [5.41, 5.74) is 2.76. The maximum atomic E-state index is 14.5. The van der Waals surface area contributed by atoms with Crippen molar-refractivity contribution in [3.63, 3.8) is 0 Å². The van der Waals surface area contributed by atoms with E-state index in [9.17, 15) is 18.9 Å². The number of aryl methyl sites for hydroxylation is 1. The number of rotatable bonds is 3. The zero-order valence-corrected chi connectivity index (χ0v) is 15.2. The van der Waals surface area contributed by atoms with E-state index < -0.39 is 16.6 Å². The molecule has 1 aliphatic rings. The second kappa shape index (κ2) is 7.03. The van der Waals surface area contributed by atoms with Crippen molar-refractivity contribution in [2.24, 2.45) is 0 Å². The standard InChI is InChI=1S/C20H18F2N4O2/c1-12-5-7-14(26(27)28)11-18(12)25-20-16(4-2-3-9-23-20)19(24-25)15-8-6-13(21)10-17(15)22/h5-8,10-11,23H,2-4,9H2,1H3. The fourth-order valence-electron chi connectivity index (χ4n) is 3.51. The molecule has 6 nitrogen and oxygen atoms in total. The number of aromatic nitrogens is 2.